The van der Waals surface area contributed by atoms with Crippen LogP contribution in [0.1, 0.15) is 41.0 Å². The highest BCUT2D eigenvalue weighted by atomic mass is 35.5. The van der Waals surface area contributed by atoms with E-state index in [1.54, 1.807) is 29.7 Å². The lowest BCUT2D eigenvalue weighted by molar-refractivity contribution is -0.138. The first-order valence-electron chi connectivity index (χ1n) is 14.6. The fourth-order valence-corrected chi connectivity index (χ4v) is 7.04. The molecule has 2 aliphatic rings. The van der Waals surface area contributed by atoms with Crippen LogP contribution in [0.3, 0.4) is 0 Å². The van der Waals surface area contributed by atoms with Gasteiger partial charge in [0.15, 0.2) is 16.3 Å². The molecule has 1 atom stereocenters. The molecule has 2 aromatic heterocycles. The second-order valence-corrected chi connectivity index (χ2v) is 12.2. The van der Waals surface area contributed by atoms with Gasteiger partial charge in [0.1, 0.15) is 5.82 Å². The van der Waals surface area contributed by atoms with E-state index in [2.05, 4.69) is 0 Å². The smallest absolute Gasteiger partial charge is 0.338 e. The van der Waals surface area contributed by atoms with Gasteiger partial charge in [-0.1, -0.05) is 59.3 Å². The highest BCUT2D eigenvalue weighted by Gasteiger charge is 2.36. The van der Waals surface area contributed by atoms with Crippen LogP contribution in [0.15, 0.2) is 88.2 Å². The van der Waals surface area contributed by atoms with Gasteiger partial charge in [-0.05, 0) is 74.4 Å². The number of aromatic nitrogens is 2. The highest BCUT2D eigenvalue weighted by Crippen LogP contribution is 2.40. The molecule has 11 heteroatoms. The Morgan fingerprint density at radius 1 is 1.09 bits per heavy atom. The van der Waals surface area contributed by atoms with Gasteiger partial charge in [0.25, 0.3) is 5.56 Å². The Balaban J connectivity index is 1.46. The van der Waals surface area contributed by atoms with Crippen LogP contribution >= 0.6 is 22.9 Å². The highest BCUT2D eigenvalue weighted by molar-refractivity contribution is 7.07. The minimum atomic E-state index is -0.855. The van der Waals surface area contributed by atoms with Crippen molar-refractivity contribution < 1.29 is 23.4 Å². The summed E-state index contributed by atoms with van der Waals surface area (Å²) in [5, 5.41) is 0.0432. The zero-order valence-electron chi connectivity index (χ0n) is 25.0. The third-order valence-electron chi connectivity index (χ3n) is 8.00. The Kier molecular flexibility index (Phi) is 7.62. The van der Waals surface area contributed by atoms with Gasteiger partial charge in [-0.2, -0.15) is 0 Å². The van der Waals surface area contributed by atoms with E-state index < -0.39 is 17.8 Å². The number of rotatable bonds is 6. The second-order valence-electron chi connectivity index (χ2n) is 10.8. The Morgan fingerprint density at radius 3 is 2.63 bits per heavy atom. The second kappa shape index (κ2) is 11.8. The lowest BCUT2D eigenvalue weighted by Crippen LogP contribution is -2.40. The molecule has 0 amide bonds. The van der Waals surface area contributed by atoms with E-state index >= 15 is 0 Å². The number of aryl methyl sites for hydroxylation is 1. The van der Waals surface area contributed by atoms with Crippen LogP contribution in [0.4, 0.5) is 4.39 Å². The van der Waals surface area contributed by atoms with E-state index in [1.165, 1.54) is 23.5 Å². The maximum absolute atomic E-state index is 14.3. The van der Waals surface area contributed by atoms with Crippen LogP contribution in [-0.2, 0) is 9.53 Å². The van der Waals surface area contributed by atoms with Gasteiger partial charge in [0, 0.05) is 22.6 Å². The fourth-order valence-electron chi connectivity index (χ4n) is 5.94. The number of esters is 1. The van der Waals surface area contributed by atoms with E-state index in [0.717, 1.165) is 17.0 Å². The van der Waals surface area contributed by atoms with Gasteiger partial charge >= 0.3 is 5.97 Å². The van der Waals surface area contributed by atoms with Crippen molar-refractivity contribution in [2.24, 2.45) is 4.99 Å². The molecule has 3 aromatic carbocycles. The third kappa shape index (κ3) is 5.03. The molecule has 0 bridgehead atoms. The molecule has 4 heterocycles. The molecular weight excluding hydrogens is 629 g/mol. The fraction of sp³-hybridized carbons (Fsp3) is 0.171. The quantitative estimate of drug-likeness (QED) is 0.214. The summed E-state index contributed by atoms with van der Waals surface area (Å²) in [6.45, 7) is 5.79. The zero-order valence-corrected chi connectivity index (χ0v) is 26.6. The number of ether oxygens (including phenoxy) is 3. The molecule has 46 heavy (non-hydrogen) atoms. The first-order chi connectivity index (χ1) is 22.2. The Morgan fingerprint density at radius 2 is 1.87 bits per heavy atom. The molecule has 0 aliphatic carbocycles. The van der Waals surface area contributed by atoms with Gasteiger partial charge in [0.05, 0.1) is 33.5 Å². The molecule has 0 saturated carbocycles. The maximum atomic E-state index is 14.3. The van der Waals surface area contributed by atoms with E-state index in [-0.39, 0.29) is 29.6 Å². The van der Waals surface area contributed by atoms with Gasteiger partial charge in [-0.25, -0.2) is 14.2 Å². The first-order valence-corrected chi connectivity index (χ1v) is 15.8. The molecule has 0 spiro atoms. The van der Waals surface area contributed by atoms with Gasteiger partial charge < -0.3 is 18.8 Å². The molecule has 7 rings (SSSR count). The normalized spacial score (nSPS) is 15.6. The number of nitrogens with zero attached hydrogens (tertiary/aromatic N) is 3. The van der Waals surface area contributed by atoms with Crippen molar-refractivity contribution in [1.29, 1.82) is 0 Å². The van der Waals surface area contributed by atoms with Crippen LogP contribution in [0, 0.1) is 19.7 Å². The number of carbonyl (C=O) groups excluding carboxylic acids is 1. The van der Waals surface area contributed by atoms with Crippen LogP contribution in [0.5, 0.6) is 11.5 Å². The average molecular weight is 656 g/mol. The van der Waals surface area contributed by atoms with Crippen molar-refractivity contribution in [3.63, 3.8) is 0 Å². The average Bonchev–Trinajstić information content (AvgIpc) is 3.73. The SMILES string of the molecule is CCOC(=O)C1=C(c2ccccc2)N=c2s/c(=C/c3cc(C)n(-c4ccc(Cl)c(F)c4)c3C)c(=O)n2C1c1ccc2c(c1)OCO2. The van der Waals surface area contributed by atoms with Gasteiger partial charge in [-0.3, -0.25) is 9.36 Å². The first kappa shape index (κ1) is 29.8. The van der Waals surface area contributed by atoms with Crippen LogP contribution in [-0.4, -0.2) is 28.5 Å². The summed E-state index contributed by atoms with van der Waals surface area (Å²) >= 11 is 7.16. The number of halogens is 2. The van der Waals surface area contributed by atoms with Gasteiger partial charge in [0.2, 0.25) is 6.79 Å². The van der Waals surface area contributed by atoms with E-state index in [1.807, 2.05) is 67.0 Å². The molecule has 8 nitrogen and oxygen atoms in total. The molecule has 232 valence electrons. The monoisotopic (exact) mass is 655 g/mol. The largest absolute Gasteiger partial charge is 0.463 e. The van der Waals surface area contributed by atoms with Crippen molar-refractivity contribution in [3.05, 3.63) is 137 Å². The van der Waals surface area contributed by atoms with E-state index in [4.69, 9.17) is 30.8 Å². The molecule has 0 fully saturated rings. The summed E-state index contributed by atoms with van der Waals surface area (Å²) in [7, 11) is 0. The predicted octanol–water partition coefficient (Wildman–Crippen LogP) is 5.86. The molecule has 5 aromatic rings. The Bertz CT molecular complexity index is 2250. The zero-order chi connectivity index (χ0) is 32.1. The lowest BCUT2D eigenvalue weighted by atomic mass is 9.93. The third-order valence-corrected chi connectivity index (χ3v) is 9.29. The summed E-state index contributed by atoms with van der Waals surface area (Å²) in [6, 6.07) is 20.5. The minimum Gasteiger partial charge on any atom is -0.463 e. The number of thiazole rings is 1. The van der Waals surface area contributed by atoms with Crippen molar-refractivity contribution in [1.82, 2.24) is 9.13 Å². The molecule has 0 saturated heterocycles. The molecule has 0 N–H and O–H groups in total. The van der Waals surface area contributed by atoms with Crippen molar-refractivity contribution >= 4 is 40.7 Å². The standard InChI is InChI=1S/C35H27ClFN3O5S/c1-4-43-34(42)30-31(21-8-6-5-7-9-21)38-35-40(32(30)22-10-13-27-28(15-22)45-18-44-27)33(41)29(46-35)16-23-14-19(2)39(20(23)3)24-11-12-25(36)26(37)17-24/h5-17,32H,4,18H2,1-3H3/b29-16+. The van der Waals surface area contributed by atoms with Crippen LogP contribution in [0.2, 0.25) is 5.02 Å². The van der Waals surface area contributed by atoms with Crippen molar-refractivity contribution in [3.8, 4) is 17.2 Å². The number of fused-ring (bicyclic) bond motifs is 2. The molecule has 2 aliphatic heterocycles. The number of hydrogen-bond donors (Lipinski definition) is 0. The van der Waals surface area contributed by atoms with E-state index in [0.29, 0.717) is 43.3 Å². The summed E-state index contributed by atoms with van der Waals surface area (Å²) in [6.07, 6.45) is 1.81. The molecule has 0 radical (unpaired) electrons. The summed E-state index contributed by atoms with van der Waals surface area (Å²) in [4.78, 5) is 33.4. The number of hydrogen-bond acceptors (Lipinski definition) is 7. The Labute approximate surface area is 271 Å². The molecular formula is C35H27ClFN3O5S. The van der Waals surface area contributed by atoms with Crippen LogP contribution < -0.4 is 24.4 Å². The van der Waals surface area contributed by atoms with Gasteiger partial charge in [-0.15, -0.1) is 0 Å². The predicted molar refractivity (Wildman–Crippen MR) is 174 cm³/mol. The number of carbonyl (C=O) groups is 1. The number of benzene rings is 3. The molecule has 1 unspecified atom stereocenters. The summed E-state index contributed by atoms with van der Waals surface area (Å²) in [5.74, 6) is 0.0154. The maximum Gasteiger partial charge on any atom is 0.338 e. The summed E-state index contributed by atoms with van der Waals surface area (Å²) in [5.41, 5.74) is 4.79. The Hall–Kier alpha value is -4.93. The lowest BCUT2D eigenvalue weighted by Gasteiger charge is -2.26. The van der Waals surface area contributed by atoms with Crippen molar-refractivity contribution in [2.45, 2.75) is 26.8 Å². The summed E-state index contributed by atoms with van der Waals surface area (Å²) < 4.78 is 35.0. The van der Waals surface area contributed by atoms with Crippen LogP contribution in [0.25, 0.3) is 17.5 Å². The topological polar surface area (TPSA) is 84.1 Å². The minimum absolute atomic E-state index is 0.0432. The van der Waals surface area contributed by atoms with Crippen molar-refractivity contribution in [2.75, 3.05) is 13.4 Å². The van der Waals surface area contributed by atoms with E-state index in [9.17, 15) is 14.0 Å².